The van der Waals surface area contributed by atoms with Gasteiger partial charge < -0.3 is 43.5 Å². The maximum Gasteiger partial charge on any atom is 0.241 e. The van der Waals surface area contributed by atoms with Crippen LogP contribution in [0.5, 0.6) is 23.0 Å². The molecule has 3 N–H and O–H groups in total. The fraction of sp³-hybridized carbons (Fsp3) is 0.570. The summed E-state index contributed by atoms with van der Waals surface area (Å²) in [5.74, 6) is -1.02. The van der Waals surface area contributed by atoms with Crippen molar-refractivity contribution in [1.29, 1.82) is 0 Å². The van der Waals surface area contributed by atoms with Gasteiger partial charge >= 0.3 is 0 Å². The Morgan fingerprint density at radius 3 is 1.42 bits per heavy atom. The molecule has 4 saturated heterocycles. The average molecular weight is 1630 g/mol. The van der Waals surface area contributed by atoms with E-state index < -0.39 is 95.6 Å². The van der Waals surface area contributed by atoms with E-state index in [1.165, 1.54) is 22.7 Å². The molecular formula is C79H97Cl2N9O16S4. The summed E-state index contributed by atoms with van der Waals surface area (Å²) in [4.78, 5) is 107. The van der Waals surface area contributed by atoms with Crippen LogP contribution in [-0.2, 0) is 58.3 Å². The van der Waals surface area contributed by atoms with Gasteiger partial charge in [0.15, 0.2) is 11.6 Å². The maximum absolute atomic E-state index is 14.5. The molecule has 8 heterocycles. The van der Waals surface area contributed by atoms with E-state index in [0.717, 1.165) is 11.4 Å². The lowest BCUT2D eigenvalue weighted by Gasteiger charge is -2.40. The minimum atomic E-state index is -3.83. The van der Waals surface area contributed by atoms with E-state index >= 15 is 0 Å². The Hall–Kier alpha value is -7.22. The second-order valence-electron chi connectivity index (χ2n) is 31.7. The number of ketones is 2. The van der Waals surface area contributed by atoms with Crippen LogP contribution in [0.4, 0.5) is 0 Å². The van der Waals surface area contributed by atoms with Crippen LogP contribution in [0.25, 0.3) is 43.2 Å². The summed E-state index contributed by atoms with van der Waals surface area (Å²) < 4.78 is 91.5. The van der Waals surface area contributed by atoms with Crippen molar-refractivity contribution in [1.82, 2.24) is 44.5 Å². The number of nitrogens with zero attached hydrogens (tertiary/aromatic N) is 6. The highest BCUT2D eigenvalue weighted by Crippen LogP contribution is 2.59. The van der Waals surface area contributed by atoms with E-state index in [1.807, 2.05) is 62.7 Å². The Balaban J connectivity index is 0.000000193. The number of carbonyl (C=O) groups excluding carboxylic acids is 6. The quantitative estimate of drug-likeness (QED) is 0.0261. The first kappa shape index (κ1) is 80.8. The lowest BCUT2D eigenvalue weighted by atomic mass is 9.84. The number of pyridine rings is 2. The van der Waals surface area contributed by atoms with Gasteiger partial charge in [-0.05, 0) is 111 Å². The zero-order chi connectivity index (χ0) is 78.8. The number of allylic oxidation sites excluding steroid dienone is 2. The molecule has 592 valence electrons. The van der Waals surface area contributed by atoms with Crippen molar-refractivity contribution in [3.8, 4) is 44.4 Å². The van der Waals surface area contributed by atoms with Crippen molar-refractivity contribution in [3.05, 3.63) is 93.9 Å². The second kappa shape index (κ2) is 32.3. The predicted octanol–water partition coefficient (Wildman–Crippen LogP) is 12.0. The number of Topliss-reactive ketones (excluding diaryl/α,β-unsaturated/α-hetero) is 2. The number of piperidine rings is 1. The van der Waals surface area contributed by atoms with E-state index in [9.17, 15) is 45.6 Å². The molecule has 0 spiro atoms. The van der Waals surface area contributed by atoms with Gasteiger partial charge in [-0.2, -0.15) is 0 Å². The molecule has 4 aromatic heterocycles. The molecule has 2 aromatic carbocycles. The molecule has 8 aliphatic rings. The number of halogens is 2. The predicted molar refractivity (Wildman–Crippen MR) is 421 cm³/mol. The minimum absolute atomic E-state index is 0.0503. The number of amides is 4. The molecule has 0 bridgehead atoms. The number of methoxy groups -OCH3 is 2. The number of sulfonamides is 2. The Morgan fingerprint density at radius 2 is 1.04 bits per heavy atom. The van der Waals surface area contributed by atoms with Gasteiger partial charge in [0.25, 0.3) is 0 Å². The minimum Gasteiger partial charge on any atom is -0.490 e. The van der Waals surface area contributed by atoms with Gasteiger partial charge in [-0.25, -0.2) is 36.8 Å². The van der Waals surface area contributed by atoms with Crippen LogP contribution in [0.2, 0.25) is 10.0 Å². The molecule has 4 saturated carbocycles. The fourth-order valence-corrected chi connectivity index (χ4v) is 21.1. The standard InChI is InChI=1S/C40H49ClN4O8S2.C39H48ClN5O8S2/c1-7-23-18-40(23,39(48)44-55(49,50)24-8-9-24)19-31(46)30-17-34(29-12-10-25(21(2)3)38(47)45(29)30)53-33-16-27(37-43-28(20-54-37)22(4)5)42-36-26(33)11-13-32(35(36)41)52-15-14-51-6;1-7-22-16-39(22,38(48)44-55(49,50)23-8-9-23)17-29(46)27-15-32(28-18-41-34(21(4)5)37(47)45(27)28)53-31-14-25(36-43-26(19-54-36)20(2)3)42-35-24(31)10-11-30(33(35)40)52-13-12-51-6/h7,11,13,16,20-25,29-30,34H,1,8-10,12,14-15,17-19H2,2-6H3,(H,44,48);7,10-11,14,19-23,27-28,32,34,41H,1,8-9,12-13,15-18H2,2-6H3,(H,44,48)/t23-,25-,29-,30+,34-,40-;22-,27+,28-,32-,34-,39-/m11/s1. The summed E-state index contributed by atoms with van der Waals surface area (Å²) in [6.45, 7) is 25.6. The zero-order valence-electron chi connectivity index (χ0n) is 63.6. The van der Waals surface area contributed by atoms with E-state index in [4.69, 9.17) is 71.6 Å². The van der Waals surface area contributed by atoms with Crippen LogP contribution in [0.15, 0.2) is 72.5 Å². The summed E-state index contributed by atoms with van der Waals surface area (Å²) in [5, 5.41) is 9.45. The third kappa shape index (κ3) is 16.2. The molecular weight excluding hydrogens is 1530 g/mol. The Morgan fingerprint density at radius 1 is 0.600 bits per heavy atom. The second-order valence-corrected chi connectivity index (χ2v) is 38.1. The number of benzene rings is 2. The van der Waals surface area contributed by atoms with Crippen molar-refractivity contribution in [2.75, 3.05) is 47.2 Å². The molecule has 6 aromatic rings. The molecule has 0 radical (unpaired) electrons. The van der Waals surface area contributed by atoms with Gasteiger partial charge in [0.05, 0.1) is 87.2 Å². The Bertz CT molecular complexity index is 4540. The van der Waals surface area contributed by atoms with E-state index in [-0.39, 0.29) is 97.1 Å². The normalized spacial score (nSPS) is 26.4. The third-order valence-electron chi connectivity index (χ3n) is 22.9. The summed E-state index contributed by atoms with van der Waals surface area (Å²) in [6, 6.07) is 7.65. The highest BCUT2D eigenvalue weighted by molar-refractivity contribution is 7.91. The first-order chi connectivity index (χ1) is 52.4. The molecule has 14 rings (SSSR count). The van der Waals surface area contributed by atoms with Gasteiger partial charge in [0, 0.05) is 86.0 Å². The van der Waals surface area contributed by atoms with Crippen molar-refractivity contribution < 1.29 is 74.0 Å². The smallest absolute Gasteiger partial charge is 0.241 e. The topological polar surface area (TPSA) is 320 Å². The van der Waals surface area contributed by atoms with Gasteiger partial charge in [-0.3, -0.25) is 38.2 Å². The van der Waals surface area contributed by atoms with Crippen LogP contribution in [0.3, 0.4) is 0 Å². The van der Waals surface area contributed by atoms with Gasteiger partial charge in [0.1, 0.15) is 79.9 Å². The van der Waals surface area contributed by atoms with Crippen molar-refractivity contribution in [2.45, 2.75) is 197 Å². The molecule has 110 heavy (non-hydrogen) atoms. The highest BCUT2D eigenvalue weighted by atomic mass is 35.5. The average Bonchev–Trinajstić information content (AvgIpc) is 1.55. The SMILES string of the molecule is C=C[C@@H]1C[C@]1(CC(=O)[C@@H]1C[C@@H](Oc2cc(-c3nc(C(C)C)cs3)nc3c(Cl)c(OCCOC)ccc23)[C@H]2CC[C@H](C(C)C)C(=O)N21)C(=O)NS(=O)(=O)C1CC1.C=C[C@@H]1C[C@]1(CC(=O)[C@@H]1C[C@@H](Oc2cc(-c3nc(C(C)C)cs3)nc3c(Cl)c(OCCOC)ccc23)[C@H]2CN[C@H](C(C)C)C(=O)N21)C(=O)NS(=O)(=O)C1CC1. The number of ether oxygens (including phenoxy) is 6. The van der Waals surface area contributed by atoms with E-state index in [2.05, 4.69) is 55.6 Å². The lowest BCUT2D eigenvalue weighted by molar-refractivity contribution is -0.149. The molecule has 12 atom stereocenters. The van der Waals surface area contributed by atoms with Crippen LogP contribution in [-0.4, -0.2) is 182 Å². The number of hydrogen-bond donors (Lipinski definition) is 3. The maximum atomic E-state index is 14.5. The van der Waals surface area contributed by atoms with Gasteiger partial charge in [0.2, 0.25) is 43.7 Å². The van der Waals surface area contributed by atoms with Crippen LogP contribution in [0, 0.1) is 40.4 Å². The number of fused-ring (bicyclic) bond motifs is 4. The number of hydrogen-bond acceptors (Lipinski definition) is 23. The molecule has 4 aliphatic carbocycles. The zero-order valence-corrected chi connectivity index (χ0v) is 68.3. The first-order valence-corrected chi connectivity index (χ1v) is 43.5. The molecule has 31 heteroatoms. The largest absolute Gasteiger partial charge is 0.490 e. The summed E-state index contributed by atoms with van der Waals surface area (Å²) in [7, 11) is -4.47. The molecule has 4 amide bonds. The first-order valence-electron chi connectivity index (χ1n) is 37.9. The Kier molecular flexibility index (Phi) is 23.8. The van der Waals surface area contributed by atoms with E-state index in [1.54, 1.807) is 48.3 Å². The van der Waals surface area contributed by atoms with Crippen LogP contribution in [0.1, 0.15) is 156 Å². The van der Waals surface area contributed by atoms with Crippen molar-refractivity contribution >= 4 is 123 Å². The van der Waals surface area contributed by atoms with Gasteiger partial charge in [-0.15, -0.1) is 35.8 Å². The fourth-order valence-electron chi connectivity index (χ4n) is 15.9. The number of thiazole rings is 2. The Labute approximate surface area is 660 Å². The lowest BCUT2D eigenvalue weighted by Crippen LogP contribution is -2.64. The molecule has 8 fully saturated rings. The summed E-state index contributed by atoms with van der Waals surface area (Å²) >= 11 is 16.9. The van der Waals surface area contributed by atoms with Crippen molar-refractivity contribution in [3.63, 3.8) is 0 Å². The molecule has 4 aliphatic heterocycles. The van der Waals surface area contributed by atoms with Crippen molar-refractivity contribution in [2.24, 2.45) is 40.4 Å². The van der Waals surface area contributed by atoms with Crippen LogP contribution >= 0.6 is 45.9 Å². The van der Waals surface area contributed by atoms with Gasteiger partial charge in [-0.1, -0.05) is 90.7 Å². The third-order valence-corrected chi connectivity index (χ3v) is 29.0. The molecule has 0 unspecified atom stereocenters. The number of nitrogens with one attached hydrogen (secondary N) is 3. The monoisotopic (exact) mass is 1630 g/mol. The summed E-state index contributed by atoms with van der Waals surface area (Å²) in [6.07, 6.45) is 5.84. The number of carbonyl (C=O) groups is 6. The number of rotatable bonds is 32. The molecule has 25 nitrogen and oxygen atoms in total. The van der Waals surface area contributed by atoms with E-state index in [0.29, 0.717) is 154 Å². The van der Waals surface area contributed by atoms with Crippen LogP contribution < -0.4 is 33.7 Å². The summed E-state index contributed by atoms with van der Waals surface area (Å²) in [5.41, 5.74) is 1.41. The number of piperazine rings is 1. The highest BCUT2D eigenvalue weighted by Gasteiger charge is 2.64. The number of aromatic nitrogens is 4.